The summed E-state index contributed by atoms with van der Waals surface area (Å²) in [6, 6.07) is -1.14. The Labute approximate surface area is 94.1 Å². The molecule has 8 heteroatoms. The molecule has 0 spiro atoms. The van der Waals surface area contributed by atoms with Gasteiger partial charge in [-0.3, -0.25) is 9.59 Å². The third kappa shape index (κ3) is 6.36. The number of hydrogen-bond acceptors (Lipinski definition) is 5. The van der Waals surface area contributed by atoms with Gasteiger partial charge in [0.05, 0.1) is 18.2 Å². The molecule has 0 aliphatic carbocycles. The Balaban J connectivity index is 4.23. The molecule has 0 aliphatic heterocycles. The molecule has 0 radical (unpaired) electrons. The molecule has 7 nitrogen and oxygen atoms in total. The van der Waals surface area contributed by atoms with E-state index in [-0.39, 0.29) is 12.3 Å². The second-order valence-corrected chi connectivity index (χ2v) is 5.85. The summed E-state index contributed by atoms with van der Waals surface area (Å²) in [5, 5.41) is 8.43. The summed E-state index contributed by atoms with van der Waals surface area (Å²) in [7, 11) is -1.77. The first kappa shape index (κ1) is 14.8. The number of carboxylic acids is 1. The summed E-state index contributed by atoms with van der Waals surface area (Å²) in [5.74, 6) is -1.92. The summed E-state index contributed by atoms with van der Waals surface area (Å²) in [5.41, 5.74) is 5.34. The van der Waals surface area contributed by atoms with E-state index < -0.39 is 34.2 Å². The van der Waals surface area contributed by atoms with Crippen LogP contribution in [0.5, 0.6) is 0 Å². The maximum Gasteiger partial charge on any atom is 0.305 e. The molecule has 0 rings (SSSR count). The molecule has 0 fully saturated rings. The van der Waals surface area contributed by atoms with Crippen molar-refractivity contribution in [2.75, 3.05) is 25.6 Å². The third-order valence-electron chi connectivity index (χ3n) is 1.89. The molecular formula is C8H16N2O5S. The summed E-state index contributed by atoms with van der Waals surface area (Å²) < 4.78 is 21.7. The van der Waals surface area contributed by atoms with Crippen LogP contribution < -0.4 is 5.73 Å². The monoisotopic (exact) mass is 252 g/mol. The van der Waals surface area contributed by atoms with Gasteiger partial charge < -0.3 is 15.7 Å². The van der Waals surface area contributed by atoms with E-state index in [1.54, 1.807) is 0 Å². The van der Waals surface area contributed by atoms with Crippen molar-refractivity contribution in [1.82, 2.24) is 4.90 Å². The maximum absolute atomic E-state index is 11.4. The SMILES string of the molecule is CN(CCS(C)(=O)=O)C(=O)C(N)CC(=O)O. The van der Waals surface area contributed by atoms with Crippen molar-refractivity contribution in [2.45, 2.75) is 12.5 Å². The molecule has 0 saturated heterocycles. The molecule has 0 aromatic carbocycles. The minimum Gasteiger partial charge on any atom is -0.481 e. The lowest BCUT2D eigenvalue weighted by Crippen LogP contribution is -2.44. The number of carboxylic acid groups (broad SMARTS) is 1. The van der Waals surface area contributed by atoms with Crippen molar-refractivity contribution in [3.8, 4) is 0 Å². The van der Waals surface area contributed by atoms with Gasteiger partial charge in [0, 0.05) is 19.8 Å². The Kier molecular flexibility index (Phi) is 5.39. The van der Waals surface area contributed by atoms with Crippen LogP contribution in [0.2, 0.25) is 0 Å². The highest BCUT2D eigenvalue weighted by molar-refractivity contribution is 7.90. The molecule has 1 atom stereocenters. The average Bonchev–Trinajstić information content (AvgIpc) is 2.10. The van der Waals surface area contributed by atoms with Crippen LogP contribution in [0.15, 0.2) is 0 Å². The van der Waals surface area contributed by atoms with E-state index in [9.17, 15) is 18.0 Å². The largest absolute Gasteiger partial charge is 0.481 e. The Bertz CT molecular complexity index is 365. The number of likely N-dealkylation sites (N-methyl/N-ethyl adjacent to an activating group) is 1. The smallest absolute Gasteiger partial charge is 0.305 e. The topological polar surface area (TPSA) is 118 Å². The first-order valence-corrected chi connectivity index (χ1v) is 6.59. The number of carbonyl (C=O) groups excluding carboxylic acids is 1. The zero-order chi connectivity index (χ0) is 12.9. The van der Waals surface area contributed by atoms with Crippen molar-refractivity contribution in [3.63, 3.8) is 0 Å². The molecule has 0 saturated carbocycles. The molecule has 16 heavy (non-hydrogen) atoms. The fourth-order valence-corrected chi connectivity index (χ4v) is 1.58. The molecular weight excluding hydrogens is 236 g/mol. The van der Waals surface area contributed by atoms with Crippen molar-refractivity contribution in [3.05, 3.63) is 0 Å². The molecule has 0 aliphatic rings. The zero-order valence-corrected chi connectivity index (χ0v) is 10.0. The lowest BCUT2D eigenvalue weighted by molar-refractivity contribution is -0.141. The lowest BCUT2D eigenvalue weighted by Gasteiger charge is -2.19. The molecule has 1 unspecified atom stereocenters. The number of nitrogens with zero attached hydrogens (tertiary/aromatic N) is 1. The van der Waals surface area contributed by atoms with Gasteiger partial charge >= 0.3 is 5.97 Å². The van der Waals surface area contributed by atoms with Gasteiger partial charge in [0.2, 0.25) is 5.91 Å². The van der Waals surface area contributed by atoms with Crippen molar-refractivity contribution >= 4 is 21.7 Å². The number of amides is 1. The van der Waals surface area contributed by atoms with Gasteiger partial charge in [-0.25, -0.2) is 8.42 Å². The van der Waals surface area contributed by atoms with Crippen LogP contribution in [-0.2, 0) is 19.4 Å². The van der Waals surface area contributed by atoms with Crippen LogP contribution in [0.1, 0.15) is 6.42 Å². The van der Waals surface area contributed by atoms with Gasteiger partial charge in [-0.15, -0.1) is 0 Å². The van der Waals surface area contributed by atoms with Gasteiger partial charge in [-0.1, -0.05) is 0 Å². The fourth-order valence-electron chi connectivity index (χ4n) is 0.971. The predicted molar refractivity (Wildman–Crippen MR) is 57.6 cm³/mol. The molecule has 3 N–H and O–H groups in total. The molecule has 0 aromatic rings. The minimum atomic E-state index is -3.15. The van der Waals surface area contributed by atoms with Gasteiger partial charge in [0.25, 0.3) is 0 Å². The predicted octanol–water partition coefficient (Wildman–Crippen LogP) is -1.71. The minimum absolute atomic E-state index is 0.00495. The lowest BCUT2D eigenvalue weighted by atomic mass is 10.2. The van der Waals surface area contributed by atoms with Gasteiger partial charge in [-0.05, 0) is 0 Å². The highest BCUT2D eigenvalue weighted by atomic mass is 32.2. The maximum atomic E-state index is 11.4. The Morgan fingerprint density at radius 1 is 1.44 bits per heavy atom. The first-order chi connectivity index (χ1) is 7.13. The number of carbonyl (C=O) groups is 2. The second-order valence-electron chi connectivity index (χ2n) is 3.59. The van der Waals surface area contributed by atoms with Crippen LogP contribution in [0, 0.1) is 0 Å². The van der Waals surface area contributed by atoms with Crippen LogP contribution in [-0.4, -0.2) is 61.9 Å². The fraction of sp³-hybridized carbons (Fsp3) is 0.750. The summed E-state index contributed by atoms with van der Waals surface area (Å²) in [4.78, 5) is 22.9. The van der Waals surface area contributed by atoms with Crippen molar-refractivity contribution in [2.24, 2.45) is 5.73 Å². The first-order valence-electron chi connectivity index (χ1n) is 4.53. The van der Waals surface area contributed by atoms with Crippen LogP contribution >= 0.6 is 0 Å². The normalized spacial score (nSPS) is 13.2. The number of rotatable bonds is 6. The van der Waals surface area contributed by atoms with Gasteiger partial charge in [-0.2, -0.15) is 0 Å². The van der Waals surface area contributed by atoms with Crippen LogP contribution in [0.3, 0.4) is 0 Å². The third-order valence-corrected chi connectivity index (χ3v) is 2.81. The second kappa shape index (κ2) is 5.80. The van der Waals surface area contributed by atoms with Crippen molar-refractivity contribution in [1.29, 1.82) is 0 Å². The van der Waals surface area contributed by atoms with E-state index in [0.717, 1.165) is 11.2 Å². The van der Waals surface area contributed by atoms with Gasteiger partial charge in [0.15, 0.2) is 0 Å². The summed E-state index contributed by atoms with van der Waals surface area (Å²) in [6.07, 6.45) is 0.588. The molecule has 0 heterocycles. The Morgan fingerprint density at radius 3 is 2.31 bits per heavy atom. The molecule has 0 bridgehead atoms. The van der Waals surface area contributed by atoms with Gasteiger partial charge in [0.1, 0.15) is 9.84 Å². The van der Waals surface area contributed by atoms with Crippen LogP contribution in [0.25, 0.3) is 0 Å². The quantitative estimate of drug-likeness (QED) is 0.581. The number of sulfone groups is 1. The van der Waals surface area contributed by atoms with E-state index in [1.165, 1.54) is 7.05 Å². The standard InChI is InChI=1S/C8H16N2O5S/c1-10(3-4-16(2,14)15)8(13)6(9)5-7(11)12/h6H,3-5,9H2,1-2H3,(H,11,12). The van der Waals surface area contributed by atoms with E-state index in [0.29, 0.717) is 0 Å². The average molecular weight is 252 g/mol. The van der Waals surface area contributed by atoms with E-state index in [1.807, 2.05) is 0 Å². The summed E-state index contributed by atoms with van der Waals surface area (Å²) in [6.45, 7) is 0.00495. The highest BCUT2D eigenvalue weighted by Crippen LogP contribution is 1.96. The molecule has 1 amide bonds. The molecule has 94 valence electrons. The Hall–Kier alpha value is -1.15. The number of aliphatic carboxylic acids is 1. The number of nitrogens with two attached hydrogens (primary N) is 1. The molecule has 0 aromatic heterocycles. The van der Waals surface area contributed by atoms with E-state index >= 15 is 0 Å². The summed E-state index contributed by atoms with van der Waals surface area (Å²) >= 11 is 0. The van der Waals surface area contributed by atoms with E-state index in [2.05, 4.69) is 0 Å². The van der Waals surface area contributed by atoms with E-state index in [4.69, 9.17) is 10.8 Å². The van der Waals surface area contributed by atoms with Crippen LogP contribution in [0.4, 0.5) is 0 Å². The number of hydrogen-bond donors (Lipinski definition) is 2. The van der Waals surface area contributed by atoms with Crippen molar-refractivity contribution < 1.29 is 23.1 Å². The Morgan fingerprint density at radius 2 is 1.94 bits per heavy atom. The zero-order valence-electron chi connectivity index (χ0n) is 9.21. The highest BCUT2D eigenvalue weighted by Gasteiger charge is 2.21.